The molecule has 2 aromatic rings. The predicted molar refractivity (Wildman–Crippen MR) is 83.4 cm³/mol. The van der Waals surface area contributed by atoms with Crippen LogP contribution in [0, 0.1) is 0 Å². The van der Waals surface area contributed by atoms with Crippen molar-refractivity contribution >= 4 is 11.8 Å². The van der Waals surface area contributed by atoms with E-state index in [0.717, 1.165) is 30.4 Å². The predicted octanol–water partition coefficient (Wildman–Crippen LogP) is 3.35. The van der Waals surface area contributed by atoms with Crippen LogP contribution < -0.4 is 0 Å². The molecule has 1 aromatic carbocycles. The first kappa shape index (κ1) is 15.9. The Morgan fingerprint density at radius 2 is 1.82 bits per heavy atom. The average Bonchev–Trinajstić information content (AvgIpc) is 2.58. The van der Waals surface area contributed by atoms with Gasteiger partial charge in [0.15, 0.2) is 0 Å². The summed E-state index contributed by atoms with van der Waals surface area (Å²) in [7, 11) is 0. The molecule has 0 bridgehead atoms. The summed E-state index contributed by atoms with van der Waals surface area (Å²) in [4.78, 5) is 27.8. The van der Waals surface area contributed by atoms with E-state index in [4.69, 9.17) is 4.74 Å². The van der Waals surface area contributed by atoms with Crippen LogP contribution in [0.25, 0.3) is 0 Å². The third-order valence-corrected chi connectivity index (χ3v) is 3.27. The molecule has 0 aliphatic heterocycles. The summed E-state index contributed by atoms with van der Waals surface area (Å²) >= 11 is 0. The maximum Gasteiger partial charge on any atom is 0.381 e. The molecular formula is C18H19NO3. The first-order chi connectivity index (χ1) is 10.7. The third-order valence-electron chi connectivity index (χ3n) is 3.27. The highest BCUT2D eigenvalue weighted by atomic mass is 16.5. The number of pyridine rings is 1. The smallest absolute Gasteiger partial charge is 0.381 e. The Balaban J connectivity index is 1.91. The molecule has 1 aromatic heterocycles. The molecule has 0 saturated carbocycles. The number of ketones is 1. The Bertz CT molecular complexity index is 621. The molecule has 0 aliphatic carbocycles. The minimum absolute atomic E-state index is 0.0833. The highest BCUT2D eigenvalue weighted by Crippen LogP contribution is 2.07. The van der Waals surface area contributed by atoms with E-state index in [1.807, 2.05) is 36.4 Å². The van der Waals surface area contributed by atoms with E-state index in [0.29, 0.717) is 0 Å². The SMILES string of the molecule is CCCCc1ccc(C(=O)C(=O)OCc2ccccc2)nc1. The van der Waals surface area contributed by atoms with Crippen molar-refractivity contribution < 1.29 is 14.3 Å². The Hall–Kier alpha value is -2.49. The minimum atomic E-state index is -0.877. The molecule has 0 spiro atoms. The van der Waals surface area contributed by atoms with Gasteiger partial charge in [0.05, 0.1) is 0 Å². The lowest BCUT2D eigenvalue weighted by Gasteiger charge is -2.04. The van der Waals surface area contributed by atoms with E-state index < -0.39 is 11.8 Å². The van der Waals surface area contributed by atoms with Gasteiger partial charge in [-0.25, -0.2) is 4.79 Å². The van der Waals surface area contributed by atoms with Gasteiger partial charge >= 0.3 is 5.97 Å². The number of aryl methyl sites for hydroxylation is 1. The minimum Gasteiger partial charge on any atom is -0.455 e. The highest BCUT2D eigenvalue weighted by molar-refractivity contribution is 6.40. The van der Waals surface area contributed by atoms with Crippen molar-refractivity contribution in [1.29, 1.82) is 0 Å². The average molecular weight is 297 g/mol. The first-order valence-corrected chi connectivity index (χ1v) is 7.41. The normalized spacial score (nSPS) is 10.2. The zero-order valence-electron chi connectivity index (χ0n) is 12.6. The second kappa shape index (κ2) is 8.08. The zero-order valence-corrected chi connectivity index (χ0v) is 12.6. The van der Waals surface area contributed by atoms with Crippen LogP contribution >= 0.6 is 0 Å². The lowest BCUT2D eigenvalue weighted by Crippen LogP contribution is -2.18. The molecule has 0 fully saturated rings. The van der Waals surface area contributed by atoms with Crippen LogP contribution in [0.2, 0.25) is 0 Å². The fraction of sp³-hybridized carbons (Fsp3) is 0.278. The van der Waals surface area contributed by atoms with Crippen molar-refractivity contribution in [2.24, 2.45) is 0 Å². The fourth-order valence-corrected chi connectivity index (χ4v) is 1.98. The molecule has 0 radical (unpaired) electrons. The van der Waals surface area contributed by atoms with Crippen LogP contribution in [0.5, 0.6) is 0 Å². The fourth-order valence-electron chi connectivity index (χ4n) is 1.98. The van der Waals surface area contributed by atoms with Gasteiger partial charge in [0, 0.05) is 6.20 Å². The Kier molecular flexibility index (Phi) is 5.83. The molecule has 22 heavy (non-hydrogen) atoms. The standard InChI is InChI=1S/C18H19NO3/c1-2-3-7-14-10-11-16(19-12-14)17(20)18(21)22-13-15-8-5-4-6-9-15/h4-6,8-12H,2-3,7,13H2,1H3. The molecule has 0 N–H and O–H groups in total. The number of benzene rings is 1. The molecule has 114 valence electrons. The molecule has 1 heterocycles. The van der Waals surface area contributed by atoms with E-state index in [1.165, 1.54) is 0 Å². The Morgan fingerprint density at radius 3 is 2.45 bits per heavy atom. The summed E-state index contributed by atoms with van der Waals surface area (Å²) in [5, 5.41) is 0. The molecule has 2 rings (SSSR count). The lowest BCUT2D eigenvalue weighted by molar-refractivity contribution is -0.139. The van der Waals surface area contributed by atoms with Crippen LogP contribution in [-0.4, -0.2) is 16.7 Å². The van der Waals surface area contributed by atoms with E-state index in [9.17, 15) is 9.59 Å². The van der Waals surface area contributed by atoms with Crippen LogP contribution in [-0.2, 0) is 22.6 Å². The molecule has 0 amide bonds. The Labute approximate surface area is 130 Å². The van der Waals surface area contributed by atoms with E-state index in [-0.39, 0.29) is 12.3 Å². The van der Waals surface area contributed by atoms with E-state index >= 15 is 0 Å². The number of Topliss-reactive ketones (excluding diaryl/α,β-unsaturated/α-hetero) is 1. The maximum atomic E-state index is 12.0. The summed E-state index contributed by atoms with van der Waals surface area (Å²) in [5.74, 6) is -1.59. The van der Waals surface area contributed by atoms with Crippen molar-refractivity contribution in [2.75, 3.05) is 0 Å². The van der Waals surface area contributed by atoms with Gasteiger partial charge in [-0.2, -0.15) is 0 Å². The molecule has 0 unspecified atom stereocenters. The number of aromatic nitrogens is 1. The molecule has 0 atom stereocenters. The number of carbonyl (C=O) groups is 2. The quantitative estimate of drug-likeness (QED) is 0.447. The molecule has 4 heteroatoms. The molecule has 0 aliphatic rings. The van der Waals surface area contributed by atoms with Gasteiger partial charge in [-0.15, -0.1) is 0 Å². The van der Waals surface area contributed by atoms with E-state index in [2.05, 4.69) is 11.9 Å². The largest absolute Gasteiger partial charge is 0.455 e. The molecule has 0 saturated heterocycles. The van der Waals surface area contributed by atoms with Crippen LogP contribution in [0.15, 0.2) is 48.7 Å². The van der Waals surface area contributed by atoms with Gasteiger partial charge in [-0.05, 0) is 30.0 Å². The second-order valence-corrected chi connectivity index (χ2v) is 5.05. The number of carbonyl (C=O) groups excluding carboxylic acids is 2. The summed E-state index contributed by atoms with van der Waals surface area (Å²) in [6.45, 7) is 2.20. The maximum absolute atomic E-state index is 12.0. The topological polar surface area (TPSA) is 56.3 Å². The van der Waals surface area contributed by atoms with Crippen molar-refractivity contribution in [1.82, 2.24) is 4.98 Å². The van der Waals surface area contributed by atoms with Gasteiger partial charge in [0.2, 0.25) is 0 Å². The van der Waals surface area contributed by atoms with Crippen molar-refractivity contribution in [3.8, 4) is 0 Å². The lowest BCUT2D eigenvalue weighted by atomic mass is 10.1. The number of unbranched alkanes of at least 4 members (excludes halogenated alkanes) is 1. The molecular weight excluding hydrogens is 278 g/mol. The number of hydrogen-bond acceptors (Lipinski definition) is 4. The zero-order chi connectivity index (χ0) is 15.8. The van der Waals surface area contributed by atoms with Gasteiger partial charge in [-0.3, -0.25) is 9.78 Å². The number of esters is 1. The van der Waals surface area contributed by atoms with Gasteiger partial charge in [-0.1, -0.05) is 49.7 Å². The van der Waals surface area contributed by atoms with Crippen LogP contribution in [0.4, 0.5) is 0 Å². The van der Waals surface area contributed by atoms with E-state index in [1.54, 1.807) is 12.3 Å². The van der Waals surface area contributed by atoms with Crippen LogP contribution in [0.1, 0.15) is 41.4 Å². The number of rotatable bonds is 7. The summed E-state index contributed by atoms with van der Waals surface area (Å²) in [5.41, 5.74) is 2.03. The van der Waals surface area contributed by atoms with Gasteiger partial charge in [0.25, 0.3) is 5.78 Å². The number of nitrogens with zero attached hydrogens (tertiary/aromatic N) is 1. The van der Waals surface area contributed by atoms with Crippen molar-refractivity contribution in [3.05, 3.63) is 65.5 Å². The highest BCUT2D eigenvalue weighted by Gasteiger charge is 2.19. The monoisotopic (exact) mass is 297 g/mol. The van der Waals surface area contributed by atoms with Crippen LogP contribution in [0.3, 0.4) is 0 Å². The summed E-state index contributed by atoms with van der Waals surface area (Å²) < 4.78 is 5.01. The number of hydrogen-bond donors (Lipinski definition) is 0. The number of ether oxygens (including phenoxy) is 1. The molecule has 4 nitrogen and oxygen atoms in total. The summed E-state index contributed by atoms with van der Waals surface area (Å²) in [6, 6.07) is 12.7. The first-order valence-electron chi connectivity index (χ1n) is 7.41. The summed E-state index contributed by atoms with van der Waals surface area (Å²) in [6.07, 6.45) is 4.75. The van der Waals surface area contributed by atoms with Gasteiger partial charge < -0.3 is 4.74 Å². The second-order valence-electron chi connectivity index (χ2n) is 5.05. The van der Waals surface area contributed by atoms with Crippen molar-refractivity contribution in [2.45, 2.75) is 32.8 Å². The van der Waals surface area contributed by atoms with Gasteiger partial charge in [0.1, 0.15) is 12.3 Å². The Morgan fingerprint density at radius 1 is 1.05 bits per heavy atom. The third kappa shape index (κ3) is 4.52. The van der Waals surface area contributed by atoms with Crippen molar-refractivity contribution in [3.63, 3.8) is 0 Å².